The average Bonchev–Trinajstić information content (AvgIpc) is 3.08. The lowest BCUT2D eigenvalue weighted by Crippen LogP contribution is -2.41. The lowest BCUT2D eigenvalue weighted by Gasteiger charge is -2.34. The van der Waals surface area contributed by atoms with Gasteiger partial charge in [-0.2, -0.15) is 0 Å². The van der Waals surface area contributed by atoms with Crippen LogP contribution in [0.3, 0.4) is 0 Å². The van der Waals surface area contributed by atoms with Crippen LogP contribution in [0.1, 0.15) is 24.6 Å². The molecule has 4 nitrogen and oxygen atoms in total. The molecule has 128 valence electrons. The van der Waals surface area contributed by atoms with Crippen LogP contribution in [0.5, 0.6) is 0 Å². The summed E-state index contributed by atoms with van der Waals surface area (Å²) in [6.07, 6.45) is 2.21. The maximum absolute atomic E-state index is 6.22. The van der Waals surface area contributed by atoms with E-state index in [2.05, 4.69) is 21.3 Å². The molecule has 1 aromatic heterocycles. The van der Waals surface area contributed by atoms with E-state index in [9.17, 15) is 0 Å². The van der Waals surface area contributed by atoms with Gasteiger partial charge in [0.1, 0.15) is 5.82 Å². The van der Waals surface area contributed by atoms with E-state index in [1.54, 1.807) is 0 Å². The lowest BCUT2D eigenvalue weighted by molar-refractivity contribution is 0.307. The number of benzene rings is 2. The molecular weight excluding hydrogens is 352 g/mol. The molecule has 25 heavy (non-hydrogen) atoms. The Morgan fingerprint density at radius 3 is 2.84 bits per heavy atom. The van der Waals surface area contributed by atoms with Crippen LogP contribution in [0.15, 0.2) is 48.5 Å². The molecule has 0 radical (unpaired) electrons. The third kappa shape index (κ3) is 3.48. The summed E-state index contributed by atoms with van der Waals surface area (Å²) >= 11 is 11.8. The second kappa shape index (κ2) is 7.02. The molecule has 0 bridgehead atoms. The number of thiocarbonyl (C=S) groups is 1. The minimum atomic E-state index is 0.354. The van der Waals surface area contributed by atoms with Crippen molar-refractivity contribution in [2.45, 2.75) is 18.8 Å². The summed E-state index contributed by atoms with van der Waals surface area (Å²) < 4.78 is 0. The quantitative estimate of drug-likeness (QED) is 0.636. The van der Waals surface area contributed by atoms with Gasteiger partial charge in [0.25, 0.3) is 0 Å². The van der Waals surface area contributed by atoms with Gasteiger partial charge in [-0.05, 0) is 49.3 Å². The maximum atomic E-state index is 6.22. The molecule has 0 unspecified atom stereocenters. The molecule has 1 saturated heterocycles. The first-order chi connectivity index (χ1) is 12.2. The normalized spacial score (nSPS) is 17.6. The van der Waals surface area contributed by atoms with Gasteiger partial charge in [-0.15, -0.1) is 0 Å². The molecule has 1 atom stereocenters. The molecule has 3 aromatic rings. The summed E-state index contributed by atoms with van der Waals surface area (Å²) in [4.78, 5) is 10.4. The van der Waals surface area contributed by atoms with Crippen LogP contribution in [0.2, 0.25) is 5.02 Å². The van der Waals surface area contributed by atoms with Gasteiger partial charge >= 0.3 is 0 Å². The van der Waals surface area contributed by atoms with Crippen molar-refractivity contribution in [3.05, 3.63) is 59.4 Å². The average molecular weight is 371 g/mol. The molecule has 1 aliphatic heterocycles. The molecule has 0 aliphatic carbocycles. The number of aromatic nitrogens is 2. The van der Waals surface area contributed by atoms with E-state index in [4.69, 9.17) is 28.8 Å². The predicted octanol–water partition coefficient (Wildman–Crippen LogP) is 4.79. The van der Waals surface area contributed by atoms with Gasteiger partial charge in [0.05, 0.1) is 21.7 Å². The van der Waals surface area contributed by atoms with Gasteiger partial charge in [-0.1, -0.05) is 35.9 Å². The Morgan fingerprint density at radius 1 is 1.20 bits per heavy atom. The van der Waals surface area contributed by atoms with E-state index in [1.807, 2.05) is 42.5 Å². The molecule has 2 heterocycles. The number of anilines is 1. The zero-order valence-electron chi connectivity index (χ0n) is 13.7. The smallest absolute Gasteiger partial charge is 0.173 e. The van der Waals surface area contributed by atoms with Gasteiger partial charge in [0.15, 0.2) is 5.11 Å². The predicted molar refractivity (Wildman–Crippen MR) is 107 cm³/mol. The van der Waals surface area contributed by atoms with Crippen LogP contribution >= 0.6 is 23.8 Å². The van der Waals surface area contributed by atoms with E-state index in [0.29, 0.717) is 16.1 Å². The van der Waals surface area contributed by atoms with Crippen molar-refractivity contribution in [2.75, 3.05) is 18.4 Å². The van der Waals surface area contributed by atoms with E-state index < -0.39 is 0 Å². The van der Waals surface area contributed by atoms with Crippen molar-refractivity contribution < 1.29 is 0 Å². The van der Waals surface area contributed by atoms with E-state index in [1.165, 1.54) is 0 Å². The number of para-hydroxylation sites is 3. The first-order valence-electron chi connectivity index (χ1n) is 8.46. The number of fused-ring (bicyclic) bond motifs is 1. The summed E-state index contributed by atoms with van der Waals surface area (Å²) in [5.74, 6) is 1.40. The lowest BCUT2D eigenvalue weighted by atomic mass is 9.98. The third-order valence-corrected chi connectivity index (χ3v) is 5.31. The number of nitrogens with one attached hydrogen (secondary N) is 2. The highest BCUT2D eigenvalue weighted by molar-refractivity contribution is 7.80. The van der Waals surface area contributed by atoms with Gasteiger partial charge in [-0.3, -0.25) is 0 Å². The Morgan fingerprint density at radius 2 is 2.00 bits per heavy atom. The fourth-order valence-corrected chi connectivity index (χ4v) is 3.77. The van der Waals surface area contributed by atoms with Crippen LogP contribution in [0.4, 0.5) is 5.69 Å². The second-order valence-corrected chi connectivity index (χ2v) is 7.13. The number of hydrogen-bond acceptors (Lipinski definition) is 2. The summed E-state index contributed by atoms with van der Waals surface area (Å²) in [5.41, 5.74) is 2.96. The molecule has 0 amide bonds. The number of aromatic amines is 1. The summed E-state index contributed by atoms with van der Waals surface area (Å²) in [6, 6.07) is 15.8. The molecule has 0 saturated carbocycles. The summed E-state index contributed by atoms with van der Waals surface area (Å²) in [7, 11) is 0. The number of nitrogens with zero attached hydrogens (tertiary/aromatic N) is 2. The molecule has 0 spiro atoms. The highest BCUT2D eigenvalue weighted by atomic mass is 35.5. The van der Waals surface area contributed by atoms with Crippen LogP contribution in [-0.4, -0.2) is 33.1 Å². The molecule has 2 N–H and O–H groups in total. The number of H-pyrrole nitrogens is 1. The van der Waals surface area contributed by atoms with Crippen molar-refractivity contribution in [1.82, 2.24) is 14.9 Å². The van der Waals surface area contributed by atoms with Gasteiger partial charge in [0.2, 0.25) is 0 Å². The Bertz CT molecular complexity index is 874. The zero-order chi connectivity index (χ0) is 17.2. The van der Waals surface area contributed by atoms with Crippen molar-refractivity contribution >= 4 is 45.7 Å². The number of imidazole rings is 1. The Balaban J connectivity index is 1.48. The summed E-state index contributed by atoms with van der Waals surface area (Å²) in [5, 5.41) is 4.67. The minimum Gasteiger partial charge on any atom is -0.348 e. The van der Waals surface area contributed by atoms with Crippen LogP contribution < -0.4 is 5.32 Å². The standard InChI is InChI=1S/C19H19ClN4S/c20-14-7-1-2-8-15(14)23-19(25)24-11-5-6-13(12-24)18-21-16-9-3-4-10-17(16)22-18/h1-4,7-10,13H,5-6,11-12H2,(H,21,22)(H,23,25)/t13-/m0/s1. The summed E-state index contributed by atoms with van der Waals surface area (Å²) in [6.45, 7) is 1.81. The molecule has 6 heteroatoms. The SMILES string of the molecule is S=C(Nc1ccccc1Cl)N1CCC[C@H](c2nc3ccccc3[nH]2)C1. The highest BCUT2D eigenvalue weighted by Crippen LogP contribution is 2.28. The largest absolute Gasteiger partial charge is 0.348 e. The Kier molecular flexibility index (Phi) is 4.59. The van der Waals surface area contributed by atoms with Crippen molar-refractivity contribution in [3.63, 3.8) is 0 Å². The van der Waals surface area contributed by atoms with Gasteiger partial charge < -0.3 is 15.2 Å². The monoisotopic (exact) mass is 370 g/mol. The van der Waals surface area contributed by atoms with Crippen molar-refractivity contribution in [1.29, 1.82) is 0 Å². The number of likely N-dealkylation sites (tertiary alicyclic amines) is 1. The first kappa shape index (κ1) is 16.4. The van der Waals surface area contributed by atoms with Crippen molar-refractivity contribution in [2.24, 2.45) is 0 Å². The third-order valence-electron chi connectivity index (χ3n) is 4.62. The minimum absolute atomic E-state index is 0.354. The van der Waals surface area contributed by atoms with E-state index >= 15 is 0 Å². The van der Waals surface area contributed by atoms with E-state index in [-0.39, 0.29) is 0 Å². The highest BCUT2D eigenvalue weighted by Gasteiger charge is 2.25. The molecule has 4 rings (SSSR count). The zero-order valence-corrected chi connectivity index (χ0v) is 15.3. The van der Waals surface area contributed by atoms with Crippen LogP contribution in [0, 0.1) is 0 Å². The molecule has 1 aliphatic rings. The topological polar surface area (TPSA) is 44.0 Å². The number of rotatable bonds is 2. The fraction of sp³-hybridized carbons (Fsp3) is 0.263. The Hall–Kier alpha value is -2.11. The fourth-order valence-electron chi connectivity index (χ4n) is 3.31. The molecule has 1 fully saturated rings. The van der Waals surface area contributed by atoms with Gasteiger partial charge in [-0.25, -0.2) is 4.98 Å². The van der Waals surface area contributed by atoms with Crippen LogP contribution in [0.25, 0.3) is 11.0 Å². The van der Waals surface area contributed by atoms with E-state index in [0.717, 1.165) is 48.5 Å². The number of halogens is 1. The van der Waals surface area contributed by atoms with Crippen molar-refractivity contribution in [3.8, 4) is 0 Å². The first-order valence-corrected chi connectivity index (χ1v) is 9.24. The number of hydrogen-bond donors (Lipinski definition) is 2. The Labute approximate surface area is 157 Å². The van der Waals surface area contributed by atoms with Crippen LogP contribution in [-0.2, 0) is 0 Å². The number of piperidine rings is 1. The molecule has 2 aromatic carbocycles. The van der Waals surface area contributed by atoms with Gasteiger partial charge in [0, 0.05) is 19.0 Å². The maximum Gasteiger partial charge on any atom is 0.173 e. The molecular formula is C19H19ClN4S. The second-order valence-electron chi connectivity index (χ2n) is 6.33.